The first-order chi connectivity index (χ1) is 14.5. The summed E-state index contributed by atoms with van der Waals surface area (Å²) in [7, 11) is 0. The van der Waals surface area contributed by atoms with Gasteiger partial charge in [0.15, 0.2) is 0 Å². The van der Waals surface area contributed by atoms with Crippen LogP contribution in [0.4, 0.5) is 0 Å². The van der Waals surface area contributed by atoms with Crippen LogP contribution in [0.2, 0.25) is 0 Å². The number of esters is 1. The third kappa shape index (κ3) is 2.63. The maximum atomic E-state index is 14.0. The maximum absolute atomic E-state index is 14.0. The van der Waals surface area contributed by atoms with Gasteiger partial charge in [0.1, 0.15) is 11.6 Å². The Bertz CT molecular complexity index is 833. The molecule has 5 rings (SSSR count). The summed E-state index contributed by atoms with van der Waals surface area (Å²) in [6.45, 7) is 11.4. The van der Waals surface area contributed by atoms with Crippen molar-refractivity contribution in [2.75, 3.05) is 6.61 Å². The van der Waals surface area contributed by atoms with E-state index in [0.29, 0.717) is 42.9 Å². The molecule has 0 N–H and O–H groups in total. The Hall–Kier alpha value is -1.19. The second-order valence-electron chi connectivity index (χ2n) is 12.6. The van der Waals surface area contributed by atoms with E-state index in [1.54, 1.807) is 0 Å². The summed E-state index contributed by atoms with van der Waals surface area (Å²) in [6, 6.07) is 0. The normalized spacial score (nSPS) is 53.0. The predicted octanol–water partition coefficient (Wildman–Crippen LogP) is 5.37. The van der Waals surface area contributed by atoms with E-state index >= 15 is 0 Å². The Balaban J connectivity index is 1.48. The Kier molecular flexibility index (Phi) is 4.66. The number of Topliss-reactive ketones (excluding diaryl/α,β-unsaturated/α-hetero) is 2. The molecule has 0 saturated heterocycles. The summed E-state index contributed by atoms with van der Waals surface area (Å²) >= 11 is 0. The molecule has 172 valence electrons. The van der Waals surface area contributed by atoms with Crippen LogP contribution in [-0.4, -0.2) is 24.1 Å². The molecule has 9 atom stereocenters. The minimum Gasteiger partial charge on any atom is -0.465 e. The molecule has 0 aromatic rings. The van der Waals surface area contributed by atoms with Crippen LogP contribution >= 0.6 is 0 Å². The van der Waals surface area contributed by atoms with Gasteiger partial charge in [-0.3, -0.25) is 14.4 Å². The van der Waals surface area contributed by atoms with E-state index in [4.69, 9.17) is 4.74 Å². The van der Waals surface area contributed by atoms with Gasteiger partial charge in [-0.05, 0) is 78.9 Å². The summed E-state index contributed by atoms with van der Waals surface area (Å²) < 4.78 is 5.50. The average molecular weight is 429 g/mol. The van der Waals surface area contributed by atoms with Crippen molar-refractivity contribution in [2.45, 2.75) is 92.4 Å². The molecule has 5 fully saturated rings. The summed E-state index contributed by atoms with van der Waals surface area (Å²) in [6.07, 6.45) is 8.88. The van der Waals surface area contributed by atoms with E-state index in [1.165, 1.54) is 13.3 Å². The number of carbonyl (C=O) groups is 3. The van der Waals surface area contributed by atoms with Gasteiger partial charge in [0.2, 0.25) is 0 Å². The molecule has 31 heavy (non-hydrogen) atoms. The molecule has 0 aromatic heterocycles. The molecular formula is C27H40O4. The number of ketones is 2. The maximum Gasteiger partial charge on any atom is 0.302 e. The predicted molar refractivity (Wildman–Crippen MR) is 118 cm³/mol. The molecule has 5 aliphatic rings. The largest absolute Gasteiger partial charge is 0.465 e. The van der Waals surface area contributed by atoms with Gasteiger partial charge in [0, 0.05) is 37.0 Å². The summed E-state index contributed by atoms with van der Waals surface area (Å²) in [5, 5.41) is 0. The summed E-state index contributed by atoms with van der Waals surface area (Å²) in [4.78, 5) is 37.8. The van der Waals surface area contributed by atoms with Crippen LogP contribution in [0.3, 0.4) is 0 Å². The van der Waals surface area contributed by atoms with Crippen molar-refractivity contribution in [2.24, 2.45) is 51.2 Å². The molecule has 0 amide bonds. The number of rotatable bonds is 3. The van der Waals surface area contributed by atoms with Gasteiger partial charge in [0.25, 0.3) is 0 Å². The topological polar surface area (TPSA) is 60.4 Å². The highest BCUT2D eigenvalue weighted by Gasteiger charge is 2.78. The second kappa shape index (κ2) is 6.67. The zero-order valence-corrected chi connectivity index (χ0v) is 20.1. The van der Waals surface area contributed by atoms with Crippen molar-refractivity contribution < 1.29 is 19.1 Å². The fraction of sp³-hybridized carbons (Fsp3) is 0.889. The lowest BCUT2D eigenvalue weighted by atomic mass is 9.41. The van der Waals surface area contributed by atoms with Crippen molar-refractivity contribution in [3.63, 3.8) is 0 Å². The molecule has 0 aliphatic heterocycles. The number of carbonyl (C=O) groups excluding carboxylic acids is 3. The van der Waals surface area contributed by atoms with Crippen molar-refractivity contribution in [3.05, 3.63) is 0 Å². The van der Waals surface area contributed by atoms with Crippen LogP contribution < -0.4 is 0 Å². The fourth-order valence-electron chi connectivity index (χ4n) is 9.93. The highest BCUT2D eigenvalue weighted by molar-refractivity contribution is 5.88. The van der Waals surface area contributed by atoms with Crippen molar-refractivity contribution >= 4 is 17.5 Å². The molecule has 4 unspecified atom stereocenters. The van der Waals surface area contributed by atoms with E-state index in [9.17, 15) is 14.4 Å². The monoisotopic (exact) mass is 428 g/mol. The SMILES string of the molecule is CC[C@H]1C(=O)C2C(CC[C@@]3(C)C2CC[C@@]32C[C@]2(C)COC(C)=O)[C@@]2(C)CCC(=O)CC12. The molecule has 0 heterocycles. The molecule has 5 saturated carbocycles. The fourth-order valence-corrected chi connectivity index (χ4v) is 9.93. The van der Waals surface area contributed by atoms with E-state index in [1.807, 2.05) is 0 Å². The van der Waals surface area contributed by atoms with E-state index < -0.39 is 0 Å². The highest BCUT2D eigenvalue weighted by atomic mass is 16.5. The smallest absolute Gasteiger partial charge is 0.302 e. The first-order valence-corrected chi connectivity index (χ1v) is 12.7. The van der Waals surface area contributed by atoms with Gasteiger partial charge in [-0.1, -0.05) is 27.7 Å². The Morgan fingerprint density at radius 2 is 1.74 bits per heavy atom. The van der Waals surface area contributed by atoms with Gasteiger partial charge in [-0.25, -0.2) is 0 Å². The van der Waals surface area contributed by atoms with Crippen molar-refractivity contribution in [1.82, 2.24) is 0 Å². The number of ether oxygens (including phenoxy) is 1. The molecule has 0 bridgehead atoms. The molecule has 4 nitrogen and oxygen atoms in total. The van der Waals surface area contributed by atoms with Crippen LogP contribution in [0.1, 0.15) is 92.4 Å². The lowest BCUT2D eigenvalue weighted by Crippen LogP contribution is -2.60. The van der Waals surface area contributed by atoms with Gasteiger partial charge < -0.3 is 4.74 Å². The zero-order valence-electron chi connectivity index (χ0n) is 20.1. The van der Waals surface area contributed by atoms with Crippen LogP contribution in [0, 0.1) is 51.2 Å². The highest BCUT2D eigenvalue weighted by Crippen LogP contribution is 2.83. The standard InChI is InChI=1S/C27H40O4/c1-6-18-21-13-17(29)7-10-25(21,4)19-8-11-26(5)20(22(19)23(18)30)9-12-27(26)14-24(27,3)15-31-16(2)28/h18-22H,6-15H2,1-5H3/t18-,19?,20?,21?,22?,24-,25-,26+,27+/m1/s1. The summed E-state index contributed by atoms with van der Waals surface area (Å²) in [5.74, 6) is 2.02. The van der Waals surface area contributed by atoms with Crippen LogP contribution in [0.5, 0.6) is 0 Å². The van der Waals surface area contributed by atoms with Gasteiger partial charge in [-0.15, -0.1) is 0 Å². The van der Waals surface area contributed by atoms with Crippen molar-refractivity contribution in [1.29, 1.82) is 0 Å². The zero-order chi connectivity index (χ0) is 22.4. The quantitative estimate of drug-likeness (QED) is 0.567. The minimum atomic E-state index is -0.189. The van der Waals surface area contributed by atoms with Crippen LogP contribution in [0.15, 0.2) is 0 Å². The molecule has 4 heteroatoms. The number of hydrogen-bond acceptors (Lipinski definition) is 4. The van der Waals surface area contributed by atoms with E-state index in [0.717, 1.165) is 38.5 Å². The average Bonchev–Trinajstić information content (AvgIpc) is 3.22. The molecule has 0 aromatic carbocycles. The molecule has 0 radical (unpaired) electrons. The first kappa shape index (κ1) is 21.6. The van der Waals surface area contributed by atoms with E-state index in [2.05, 4.69) is 27.7 Å². The Morgan fingerprint density at radius 1 is 1.03 bits per heavy atom. The summed E-state index contributed by atoms with van der Waals surface area (Å²) in [5.41, 5.74) is 0.563. The molecule has 1 spiro atoms. The Morgan fingerprint density at radius 3 is 2.42 bits per heavy atom. The number of hydrogen-bond donors (Lipinski definition) is 0. The van der Waals surface area contributed by atoms with E-state index in [-0.39, 0.29) is 45.4 Å². The third-order valence-corrected chi connectivity index (χ3v) is 11.7. The second-order valence-corrected chi connectivity index (χ2v) is 12.6. The third-order valence-electron chi connectivity index (χ3n) is 11.7. The Labute approximate surface area is 187 Å². The molecular weight excluding hydrogens is 388 g/mol. The lowest BCUT2D eigenvalue weighted by Gasteiger charge is -2.61. The first-order valence-electron chi connectivity index (χ1n) is 12.7. The van der Waals surface area contributed by atoms with Crippen molar-refractivity contribution in [3.8, 4) is 0 Å². The minimum absolute atomic E-state index is 0.0561. The van der Waals surface area contributed by atoms with Gasteiger partial charge in [-0.2, -0.15) is 0 Å². The van der Waals surface area contributed by atoms with Crippen LogP contribution in [0.25, 0.3) is 0 Å². The lowest BCUT2D eigenvalue weighted by molar-refractivity contribution is -0.170. The van der Waals surface area contributed by atoms with Crippen LogP contribution in [-0.2, 0) is 19.1 Å². The van der Waals surface area contributed by atoms with Gasteiger partial charge in [0.05, 0.1) is 6.61 Å². The molecule has 5 aliphatic carbocycles. The number of fused-ring (bicyclic) bond motifs is 6. The van der Waals surface area contributed by atoms with Gasteiger partial charge >= 0.3 is 5.97 Å².